The summed E-state index contributed by atoms with van der Waals surface area (Å²) in [5, 5.41) is 6.09. The summed E-state index contributed by atoms with van der Waals surface area (Å²) in [5.41, 5.74) is 7.59. The Balaban J connectivity index is 2.65. The lowest BCUT2D eigenvalue weighted by Crippen LogP contribution is -2.30. The highest BCUT2D eigenvalue weighted by molar-refractivity contribution is 5.84. The lowest BCUT2D eigenvalue weighted by Gasteiger charge is -2.15. The molecule has 11 heavy (non-hydrogen) atoms. The molecule has 0 spiro atoms. The summed E-state index contributed by atoms with van der Waals surface area (Å²) < 4.78 is 0. The van der Waals surface area contributed by atoms with E-state index in [1.54, 1.807) is 0 Å². The average Bonchev–Trinajstić information content (AvgIpc) is 2.30. The minimum Gasteiger partial charge on any atom is -0.356 e. The van der Waals surface area contributed by atoms with Crippen LogP contribution >= 0.6 is 0 Å². The predicted octanol–water partition coefficient (Wildman–Crippen LogP) is 0.823. The van der Waals surface area contributed by atoms with E-state index in [4.69, 9.17) is 5.53 Å². The third-order valence-electron chi connectivity index (χ3n) is 1.99. The van der Waals surface area contributed by atoms with Crippen LogP contribution in [-0.2, 0) is 4.79 Å². The Morgan fingerprint density at radius 1 is 1.91 bits per heavy atom. The third kappa shape index (κ3) is 1.43. The van der Waals surface area contributed by atoms with Crippen LogP contribution in [-0.4, -0.2) is 19.0 Å². The van der Waals surface area contributed by atoms with Crippen molar-refractivity contribution in [2.45, 2.75) is 13.3 Å². The molecule has 1 atom stereocenters. The van der Waals surface area contributed by atoms with Crippen molar-refractivity contribution in [2.75, 3.05) is 13.1 Å². The number of nitrogens with zero attached hydrogens (tertiary/aromatic N) is 3. The topological polar surface area (TPSA) is 77.9 Å². The minimum absolute atomic E-state index is 0.00935. The summed E-state index contributed by atoms with van der Waals surface area (Å²) in [6.07, 6.45) is 0.755. The van der Waals surface area contributed by atoms with Crippen LogP contribution in [0.15, 0.2) is 5.11 Å². The number of hydrogen-bond acceptors (Lipinski definition) is 2. The first kappa shape index (κ1) is 7.88. The van der Waals surface area contributed by atoms with E-state index in [2.05, 4.69) is 15.3 Å². The van der Waals surface area contributed by atoms with E-state index in [-0.39, 0.29) is 12.5 Å². The van der Waals surface area contributed by atoms with Crippen molar-refractivity contribution in [1.29, 1.82) is 0 Å². The van der Waals surface area contributed by atoms with Crippen molar-refractivity contribution in [3.05, 3.63) is 10.4 Å². The normalized spacial score (nSPS) is 29.4. The summed E-state index contributed by atoms with van der Waals surface area (Å²) in [5.74, 6) is -0.00935. The monoisotopic (exact) mass is 154 g/mol. The number of rotatable bonds is 2. The van der Waals surface area contributed by atoms with Crippen LogP contribution in [0.1, 0.15) is 13.3 Å². The van der Waals surface area contributed by atoms with Gasteiger partial charge in [0, 0.05) is 18.0 Å². The Morgan fingerprint density at radius 2 is 2.64 bits per heavy atom. The smallest absolute Gasteiger partial charge is 0.226 e. The Hall–Kier alpha value is -1.22. The molecule has 1 aliphatic heterocycles. The summed E-state index contributed by atoms with van der Waals surface area (Å²) >= 11 is 0. The molecule has 0 aromatic heterocycles. The Morgan fingerprint density at radius 3 is 3.09 bits per heavy atom. The number of nitrogens with one attached hydrogen (secondary N) is 1. The van der Waals surface area contributed by atoms with E-state index in [1.165, 1.54) is 0 Å². The molecular weight excluding hydrogens is 144 g/mol. The number of hydrogen-bond donors (Lipinski definition) is 1. The van der Waals surface area contributed by atoms with Gasteiger partial charge < -0.3 is 5.32 Å². The van der Waals surface area contributed by atoms with Crippen molar-refractivity contribution in [3.63, 3.8) is 0 Å². The quantitative estimate of drug-likeness (QED) is 0.356. The lowest BCUT2D eigenvalue weighted by atomic mass is 9.89. The second kappa shape index (κ2) is 2.80. The molecule has 0 aliphatic carbocycles. The molecule has 0 aromatic rings. The zero-order chi connectivity index (χ0) is 8.32. The number of carbonyl (C=O) groups is 1. The molecule has 60 valence electrons. The first-order valence-corrected chi connectivity index (χ1v) is 3.48. The van der Waals surface area contributed by atoms with E-state index in [0.29, 0.717) is 6.54 Å². The van der Waals surface area contributed by atoms with Crippen molar-refractivity contribution in [1.82, 2.24) is 5.32 Å². The van der Waals surface area contributed by atoms with Crippen LogP contribution in [0.3, 0.4) is 0 Å². The maximum Gasteiger partial charge on any atom is 0.226 e. The zero-order valence-electron chi connectivity index (χ0n) is 6.37. The molecule has 1 N–H and O–H groups in total. The van der Waals surface area contributed by atoms with Crippen LogP contribution in [0.5, 0.6) is 0 Å². The number of azide groups is 1. The van der Waals surface area contributed by atoms with Gasteiger partial charge in [0.15, 0.2) is 0 Å². The van der Waals surface area contributed by atoms with Gasteiger partial charge in [0.05, 0.1) is 5.41 Å². The van der Waals surface area contributed by atoms with E-state index in [9.17, 15) is 4.79 Å². The molecule has 0 radical (unpaired) electrons. The fraction of sp³-hybridized carbons (Fsp3) is 0.833. The van der Waals surface area contributed by atoms with Crippen LogP contribution in [0.4, 0.5) is 0 Å². The van der Waals surface area contributed by atoms with Gasteiger partial charge in [0.1, 0.15) is 0 Å². The standard InChI is InChI=1S/C6H10N4O/c1-6(4-9-10-7)2-3-8-5(6)11/h2-4H2,1H3,(H,8,11)/t6-/m0/s1. The van der Waals surface area contributed by atoms with E-state index in [1.807, 2.05) is 6.92 Å². The van der Waals surface area contributed by atoms with Gasteiger partial charge in [0.25, 0.3) is 0 Å². The number of amides is 1. The highest BCUT2D eigenvalue weighted by atomic mass is 16.2. The maximum absolute atomic E-state index is 11.1. The largest absolute Gasteiger partial charge is 0.356 e. The van der Waals surface area contributed by atoms with E-state index in [0.717, 1.165) is 6.42 Å². The highest BCUT2D eigenvalue weighted by Gasteiger charge is 2.36. The summed E-state index contributed by atoms with van der Waals surface area (Å²) in [6, 6.07) is 0. The first-order valence-electron chi connectivity index (χ1n) is 3.48. The van der Waals surface area contributed by atoms with Crippen molar-refractivity contribution >= 4 is 5.91 Å². The summed E-state index contributed by atoms with van der Waals surface area (Å²) in [4.78, 5) is 13.7. The van der Waals surface area contributed by atoms with Crippen molar-refractivity contribution in [2.24, 2.45) is 10.5 Å². The third-order valence-corrected chi connectivity index (χ3v) is 1.99. The molecule has 1 saturated heterocycles. The predicted molar refractivity (Wildman–Crippen MR) is 39.7 cm³/mol. The number of carbonyl (C=O) groups excluding carboxylic acids is 1. The highest BCUT2D eigenvalue weighted by Crippen LogP contribution is 2.25. The molecule has 1 aliphatic rings. The maximum atomic E-state index is 11.1. The first-order chi connectivity index (χ1) is 5.19. The molecule has 0 bridgehead atoms. The molecule has 0 aromatic carbocycles. The summed E-state index contributed by atoms with van der Waals surface area (Å²) in [7, 11) is 0. The molecule has 5 nitrogen and oxygen atoms in total. The Bertz CT molecular complexity index is 221. The van der Waals surface area contributed by atoms with Gasteiger partial charge in [-0.15, -0.1) is 0 Å². The summed E-state index contributed by atoms with van der Waals surface area (Å²) in [6.45, 7) is 2.76. The molecule has 1 amide bonds. The van der Waals surface area contributed by atoms with Gasteiger partial charge in [-0.1, -0.05) is 12.0 Å². The minimum atomic E-state index is -0.466. The van der Waals surface area contributed by atoms with Crippen molar-refractivity contribution in [3.8, 4) is 0 Å². The zero-order valence-corrected chi connectivity index (χ0v) is 6.37. The molecule has 0 unspecified atom stereocenters. The van der Waals surface area contributed by atoms with E-state index < -0.39 is 5.41 Å². The Labute approximate surface area is 64.4 Å². The van der Waals surface area contributed by atoms with Gasteiger partial charge in [-0.2, -0.15) is 0 Å². The van der Waals surface area contributed by atoms with Gasteiger partial charge in [-0.3, -0.25) is 4.79 Å². The second-order valence-corrected chi connectivity index (χ2v) is 2.96. The molecule has 1 fully saturated rings. The van der Waals surface area contributed by atoms with Gasteiger partial charge in [0.2, 0.25) is 5.91 Å². The molecular formula is C6H10N4O. The molecule has 0 saturated carbocycles. The van der Waals surface area contributed by atoms with Crippen LogP contribution in [0.25, 0.3) is 10.4 Å². The fourth-order valence-electron chi connectivity index (χ4n) is 1.12. The van der Waals surface area contributed by atoms with Gasteiger partial charge in [-0.05, 0) is 12.0 Å². The average molecular weight is 154 g/mol. The van der Waals surface area contributed by atoms with Crippen LogP contribution in [0, 0.1) is 5.41 Å². The van der Waals surface area contributed by atoms with Gasteiger partial charge in [-0.25, -0.2) is 0 Å². The lowest BCUT2D eigenvalue weighted by molar-refractivity contribution is -0.126. The molecule has 1 rings (SSSR count). The molecule has 5 heteroatoms. The second-order valence-electron chi connectivity index (χ2n) is 2.96. The van der Waals surface area contributed by atoms with Crippen LogP contribution < -0.4 is 5.32 Å². The fourth-order valence-corrected chi connectivity index (χ4v) is 1.12. The SMILES string of the molecule is C[C@@]1(CN=[N+]=[N-])CCNC1=O. The van der Waals surface area contributed by atoms with Crippen molar-refractivity contribution < 1.29 is 4.79 Å². The molecule has 1 heterocycles. The Kier molecular flexibility index (Phi) is 2.01. The van der Waals surface area contributed by atoms with E-state index >= 15 is 0 Å². The van der Waals surface area contributed by atoms with Crippen LogP contribution in [0.2, 0.25) is 0 Å². The van der Waals surface area contributed by atoms with Gasteiger partial charge >= 0.3 is 0 Å².